The van der Waals surface area contributed by atoms with Gasteiger partial charge in [-0.05, 0) is 26.0 Å². The summed E-state index contributed by atoms with van der Waals surface area (Å²) in [4.78, 5) is 15.9. The Morgan fingerprint density at radius 2 is 2.10 bits per heavy atom. The van der Waals surface area contributed by atoms with E-state index in [0.29, 0.717) is 26.1 Å². The molecule has 0 aliphatic carbocycles. The van der Waals surface area contributed by atoms with Gasteiger partial charge >= 0.3 is 0 Å². The number of amides is 1. The fourth-order valence-corrected chi connectivity index (χ4v) is 2.57. The molecular formula is C16H25N3O2. The lowest BCUT2D eigenvalue weighted by Gasteiger charge is -2.35. The maximum Gasteiger partial charge on any atom is 0.236 e. The number of likely N-dealkylation sites (tertiary alicyclic amines) is 1. The molecule has 1 aromatic carbocycles. The first-order chi connectivity index (χ1) is 9.95. The molecule has 1 aliphatic rings. The quantitative estimate of drug-likeness (QED) is 0.840. The van der Waals surface area contributed by atoms with E-state index in [9.17, 15) is 9.90 Å². The molecule has 116 valence electrons. The Morgan fingerprint density at radius 3 is 2.71 bits per heavy atom. The highest BCUT2D eigenvalue weighted by Gasteiger charge is 2.27. The summed E-state index contributed by atoms with van der Waals surface area (Å²) in [6.07, 6.45) is 0.0549. The van der Waals surface area contributed by atoms with Crippen molar-refractivity contribution in [1.82, 2.24) is 9.80 Å². The summed E-state index contributed by atoms with van der Waals surface area (Å²) in [5.74, 6) is 0.0514. The molecule has 5 heteroatoms. The topological polar surface area (TPSA) is 69.8 Å². The standard InChI is InChI=1S/C16H25N3O2/c1-12-3-5-13(6-4-12)9-18(2)11-16(21)19-8-7-14(17)15(20)10-19/h3-6,14-15,20H,7-11,17H2,1-2H3/t14-,15-/m1/s1. The normalized spacial score (nSPS) is 22.6. The van der Waals surface area contributed by atoms with Gasteiger partial charge in [0.2, 0.25) is 5.91 Å². The van der Waals surface area contributed by atoms with Crippen molar-refractivity contribution in [2.75, 3.05) is 26.7 Å². The predicted molar refractivity (Wildman–Crippen MR) is 82.7 cm³/mol. The molecule has 5 nitrogen and oxygen atoms in total. The minimum Gasteiger partial charge on any atom is -0.390 e. The zero-order valence-corrected chi connectivity index (χ0v) is 12.8. The largest absolute Gasteiger partial charge is 0.390 e. The summed E-state index contributed by atoms with van der Waals surface area (Å²) in [6.45, 7) is 4.13. The van der Waals surface area contributed by atoms with Crippen LogP contribution in [0, 0.1) is 6.92 Å². The smallest absolute Gasteiger partial charge is 0.236 e. The van der Waals surface area contributed by atoms with E-state index in [-0.39, 0.29) is 11.9 Å². The average molecular weight is 291 g/mol. The number of aliphatic hydroxyl groups is 1. The number of nitrogens with zero attached hydrogens (tertiary/aromatic N) is 2. The van der Waals surface area contributed by atoms with Crippen LogP contribution in [-0.4, -0.2) is 59.6 Å². The van der Waals surface area contributed by atoms with Crippen molar-refractivity contribution >= 4 is 5.91 Å². The molecule has 1 amide bonds. The second-order valence-corrected chi connectivity index (χ2v) is 6.02. The van der Waals surface area contributed by atoms with Gasteiger partial charge in [0.1, 0.15) is 0 Å². The van der Waals surface area contributed by atoms with Gasteiger partial charge in [-0.1, -0.05) is 29.8 Å². The van der Waals surface area contributed by atoms with Gasteiger partial charge in [0.25, 0.3) is 0 Å². The van der Waals surface area contributed by atoms with Gasteiger partial charge in [0, 0.05) is 25.7 Å². The van der Waals surface area contributed by atoms with Crippen LogP contribution in [0.4, 0.5) is 0 Å². The number of carbonyl (C=O) groups is 1. The summed E-state index contributed by atoms with van der Waals surface area (Å²) in [6, 6.07) is 8.11. The molecule has 0 bridgehead atoms. The molecule has 0 spiro atoms. The van der Waals surface area contributed by atoms with Crippen LogP contribution in [-0.2, 0) is 11.3 Å². The van der Waals surface area contributed by atoms with Crippen molar-refractivity contribution in [2.45, 2.75) is 32.0 Å². The van der Waals surface area contributed by atoms with E-state index in [2.05, 4.69) is 31.2 Å². The Kier molecular flexibility index (Phi) is 5.33. The maximum atomic E-state index is 12.2. The second-order valence-electron chi connectivity index (χ2n) is 6.02. The molecule has 2 atom stereocenters. The van der Waals surface area contributed by atoms with Crippen molar-refractivity contribution in [2.24, 2.45) is 5.73 Å². The predicted octanol–water partition coefficient (Wildman–Crippen LogP) is 0.347. The van der Waals surface area contributed by atoms with E-state index >= 15 is 0 Å². The van der Waals surface area contributed by atoms with Gasteiger partial charge in [-0.15, -0.1) is 0 Å². The number of aliphatic hydroxyl groups excluding tert-OH is 1. The Hall–Kier alpha value is -1.43. The minimum atomic E-state index is -0.606. The third-order valence-corrected chi connectivity index (χ3v) is 3.96. The first-order valence-corrected chi connectivity index (χ1v) is 7.41. The highest BCUT2D eigenvalue weighted by molar-refractivity contribution is 5.78. The zero-order chi connectivity index (χ0) is 15.4. The number of hydrogen-bond donors (Lipinski definition) is 2. The van der Waals surface area contributed by atoms with Crippen molar-refractivity contribution in [3.05, 3.63) is 35.4 Å². The van der Waals surface area contributed by atoms with Crippen LogP contribution in [0.3, 0.4) is 0 Å². The number of β-amino-alcohol motifs (C(OH)–C–C–N with tert-alkyl or cyclic N) is 1. The number of hydrogen-bond acceptors (Lipinski definition) is 4. The first-order valence-electron chi connectivity index (χ1n) is 7.41. The fourth-order valence-electron chi connectivity index (χ4n) is 2.57. The second kappa shape index (κ2) is 7.02. The van der Waals surface area contributed by atoms with Crippen molar-refractivity contribution < 1.29 is 9.90 Å². The Labute approximate surface area is 126 Å². The fraction of sp³-hybridized carbons (Fsp3) is 0.562. The van der Waals surface area contributed by atoms with Crippen molar-refractivity contribution in [1.29, 1.82) is 0 Å². The van der Waals surface area contributed by atoms with E-state index in [1.807, 2.05) is 11.9 Å². The highest BCUT2D eigenvalue weighted by atomic mass is 16.3. The SMILES string of the molecule is Cc1ccc(CN(C)CC(=O)N2CC[C@@H](N)[C@H](O)C2)cc1. The number of rotatable bonds is 4. The molecule has 1 heterocycles. The number of piperidine rings is 1. The summed E-state index contributed by atoms with van der Waals surface area (Å²) in [7, 11) is 1.93. The first kappa shape index (κ1) is 15.9. The molecule has 2 rings (SSSR count). The number of nitrogens with two attached hydrogens (primary N) is 1. The van der Waals surface area contributed by atoms with E-state index in [4.69, 9.17) is 5.73 Å². The molecule has 1 aliphatic heterocycles. The van der Waals surface area contributed by atoms with Crippen LogP contribution in [0.2, 0.25) is 0 Å². The third-order valence-electron chi connectivity index (χ3n) is 3.96. The molecule has 0 radical (unpaired) electrons. The van der Waals surface area contributed by atoms with Crippen LogP contribution < -0.4 is 5.73 Å². The molecule has 0 aromatic heterocycles. The van der Waals surface area contributed by atoms with Crippen LogP contribution in [0.1, 0.15) is 17.5 Å². The Morgan fingerprint density at radius 1 is 1.43 bits per heavy atom. The summed E-state index contributed by atoms with van der Waals surface area (Å²) < 4.78 is 0. The Bertz CT molecular complexity index is 475. The lowest BCUT2D eigenvalue weighted by Crippen LogP contribution is -2.53. The maximum absolute atomic E-state index is 12.2. The highest BCUT2D eigenvalue weighted by Crippen LogP contribution is 2.11. The van der Waals surface area contributed by atoms with Gasteiger partial charge < -0.3 is 15.7 Å². The van der Waals surface area contributed by atoms with Gasteiger partial charge in [0.05, 0.1) is 12.6 Å². The van der Waals surface area contributed by atoms with E-state index in [1.165, 1.54) is 11.1 Å². The Balaban J connectivity index is 1.83. The molecule has 0 unspecified atom stereocenters. The zero-order valence-electron chi connectivity index (χ0n) is 12.8. The van der Waals surface area contributed by atoms with Gasteiger partial charge in [-0.25, -0.2) is 0 Å². The lowest BCUT2D eigenvalue weighted by atomic mass is 10.0. The number of carbonyl (C=O) groups excluding carboxylic acids is 1. The van der Waals surface area contributed by atoms with Crippen LogP contribution >= 0.6 is 0 Å². The molecule has 21 heavy (non-hydrogen) atoms. The van der Waals surface area contributed by atoms with Crippen LogP contribution in [0.15, 0.2) is 24.3 Å². The van der Waals surface area contributed by atoms with Gasteiger partial charge in [-0.3, -0.25) is 9.69 Å². The molecular weight excluding hydrogens is 266 g/mol. The van der Waals surface area contributed by atoms with Crippen molar-refractivity contribution in [3.8, 4) is 0 Å². The molecule has 1 saturated heterocycles. The monoisotopic (exact) mass is 291 g/mol. The number of likely N-dealkylation sites (N-methyl/N-ethyl adjacent to an activating group) is 1. The van der Waals surface area contributed by atoms with Crippen LogP contribution in [0.25, 0.3) is 0 Å². The molecule has 3 N–H and O–H groups in total. The molecule has 0 saturated carbocycles. The van der Waals surface area contributed by atoms with E-state index < -0.39 is 6.10 Å². The number of benzene rings is 1. The van der Waals surface area contributed by atoms with Gasteiger partial charge in [-0.2, -0.15) is 0 Å². The van der Waals surface area contributed by atoms with Crippen LogP contribution in [0.5, 0.6) is 0 Å². The number of aryl methyl sites for hydroxylation is 1. The average Bonchev–Trinajstić information content (AvgIpc) is 2.44. The molecule has 1 fully saturated rings. The summed E-state index contributed by atoms with van der Waals surface area (Å²) in [5, 5.41) is 9.76. The van der Waals surface area contributed by atoms with Crippen molar-refractivity contribution in [3.63, 3.8) is 0 Å². The third kappa shape index (κ3) is 4.52. The minimum absolute atomic E-state index is 0.0514. The van der Waals surface area contributed by atoms with Gasteiger partial charge in [0.15, 0.2) is 0 Å². The molecule has 1 aromatic rings. The summed E-state index contributed by atoms with van der Waals surface area (Å²) >= 11 is 0. The van der Waals surface area contributed by atoms with E-state index in [1.54, 1.807) is 4.90 Å². The lowest BCUT2D eigenvalue weighted by molar-refractivity contribution is -0.135. The summed E-state index contributed by atoms with van der Waals surface area (Å²) in [5.41, 5.74) is 8.18. The van der Waals surface area contributed by atoms with E-state index in [0.717, 1.165) is 6.54 Å².